The summed E-state index contributed by atoms with van der Waals surface area (Å²) in [6.45, 7) is 0. The average molecular weight is 334 g/mol. The summed E-state index contributed by atoms with van der Waals surface area (Å²) in [6, 6.07) is 5.88. The number of thiophene rings is 1. The highest BCUT2D eigenvalue weighted by Gasteiger charge is 2.14. The number of halogens is 1. The first-order chi connectivity index (χ1) is 10.7. The molecule has 0 radical (unpaired) electrons. The molecule has 1 N–H and O–H groups in total. The van der Waals surface area contributed by atoms with Gasteiger partial charge in [-0.05, 0) is 23.6 Å². The third-order valence-corrected chi connectivity index (χ3v) is 4.49. The van der Waals surface area contributed by atoms with Crippen LogP contribution in [0.25, 0.3) is 10.6 Å². The van der Waals surface area contributed by atoms with Gasteiger partial charge in [-0.1, -0.05) is 0 Å². The molecule has 3 rings (SSSR count). The highest BCUT2D eigenvalue weighted by atomic mass is 32.1. The number of rotatable bonds is 4. The summed E-state index contributed by atoms with van der Waals surface area (Å²) in [7, 11) is 1.42. The van der Waals surface area contributed by atoms with E-state index in [1.165, 1.54) is 36.6 Å². The van der Waals surface area contributed by atoms with Crippen molar-refractivity contribution < 1.29 is 13.9 Å². The second kappa shape index (κ2) is 6.25. The van der Waals surface area contributed by atoms with Crippen LogP contribution in [-0.4, -0.2) is 18.0 Å². The van der Waals surface area contributed by atoms with E-state index in [9.17, 15) is 9.18 Å². The van der Waals surface area contributed by atoms with Crippen molar-refractivity contribution >= 4 is 34.3 Å². The molecule has 0 aliphatic heterocycles. The zero-order valence-corrected chi connectivity index (χ0v) is 13.1. The molecule has 0 unspecified atom stereocenters. The van der Waals surface area contributed by atoms with E-state index in [4.69, 9.17) is 4.74 Å². The standard InChI is InChI=1S/C15H11FN2O2S2/c1-20-13-6-10(16)2-3-11(13)17-14(19)12-8-22-15(18-12)9-4-5-21-7-9/h2-8H,1H3,(H,17,19). The first-order valence-corrected chi connectivity index (χ1v) is 8.12. The zero-order valence-electron chi connectivity index (χ0n) is 11.5. The van der Waals surface area contributed by atoms with Gasteiger partial charge in [0, 0.05) is 22.4 Å². The highest BCUT2D eigenvalue weighted by Crippen LogP contribution is 2.28. The monoisotopic (exact) mass is 334 g/mol. The van der Waals surface area contributed by atoms with Gasteiger partial charge in [-0.3, -0.25) is 4.79 Å². The van der Waals surface area contributed by atoms with Crippen LogP contribution < -0.4 is 10.1 Å². The van der Waals surface area contributed by atoms with Gasteiger partial charge in [0.05, 0.1) is 12.8 Å². The lowest BCUT2D eigenvalue weighted by molar-refractivity contribution is 0.102. The largest absolute Gasteiger partial charge is 0.494 e. The topological polar surface area (TPSA) is 51.2 Å². The van der Waals surface area contributed by atoms with Gasteiger partial charge in [0.2, 0.25) is 0 Å². The van der Waals surface area contributed by atoms with E-state index >= 15 is 0 Å². The Morgan fingerprint density at radius 2 is 2.18 bits per heavy atom. The molecule has 1 aromatic carbocycles. The third-order valence-electron chi connectivity index (χ3n) is 2.92. The summed E-state index contributed by atoms with van der Waals surface area (Å²) < 4.78 is 18.2. The van der Waals surface area contributed by atoms with Crippen molar-refractivity contribution in [1.29, 1.82) is 0 Å². The quantitative estimate of drug-likeness (QED) is 0.775. The Bertz CT molecular complexity index is 800. The molecule has 0 bridgehead atoms. The lowest BCUT2D eigenvalue weighted by Gasteiger charge is -2.09. The average Bonchev–Trinajstić information content (AvgIpc) is 3.19. The van der Waals surface area contributed by atoms with Gasteiger partial charge in [-0.25, -0.2) is 9.37 Å². The van der Waals surface area contributed by atoms with Gasteiger partial charge in [0.15, 0.2) is 0 Å². The number of hydrogen-bond acceptors (Lipinski definition) is 5. The maximum absolute atomic E-state index is 13.2. The molecule has 4 nitrogen and oxygen atoms in total. The molecule has 0 saturated heterocycles. The van der Waals surface area contributed by atoms with Crippen molar-refractivity contribution in [1.82, 2.24) is 4.98 Å². The Kier molecular flexibility index (Phi) is 4.17. The maximum atomic E-state index is 13.2. The summed E-state index contributed by atoms with van der Waals surface area (Å²) >= 11 is 2.98. The van der Waals surface area contributed by atoms with Crippen molar-refractivity contribution in [2.75, 3.05) is 12.4 Å². The summed E-state index contributed by atoms with van der Waals surface area (Å²) in [5.41, 5.74) is 1.71. The van der Waals surface area contributed by atoms with Gasteiger partial charge in [-0.2, -0.15) is 11.3 Å². The minimum Gasteiger partial charge on any atom is -0.494 e. The molecule has 2 aromatic heterocycles. The van der Waals surface area contributed by atoms with Gasteiger partial charge >= 0.3 is 0 Å². The molecule has 2 heterocycles. The highest BCUT2D eigenvalue weighted by molar-refractivity contribution is 7.14. The van der Waals surface area contributed by atoms with Crippen LogP contribution in [0, 0.1) is 5.82 Å². The smallest absolute Gasteiger partial charge is 0.275 e. The number of hydrogen-bond donors (Lipinski definition) is 1. The number of nitrogens with zero attached hydrogens (tertiary/aromatic N) is 1. The van der Waals surface area contributed by atoms with E-state index < -0.39 is 5.82 Å². The molecule has 3 aromatic rings. The molecule has 0 aliphatic rings. The number of nitrogens with one attached hydrogen (secondary N) is 1. The zero-order chi connectivity index (χ0) is 15.5. The van der Waals surface area contributed by atoms with Crippen LogP contribution in [0.1, 0.15) is 10.5 Å². The molecule has 1 amide bonds. The fraction of sp³-hybridized carbons (Fsp3) is 0.0667. The van der Waals surface area contributed by atoms with Gasteiger partial charge in [-0.15, -0.1) is 11.3 Å². The van der Waals surface area contributed by atoms with Crippen molar-refractivity contribution in [3.8, 4) is 16.3 Å². The number of carbonyl (C=O) groups is 1. The molecule has 0 saturated carbocycles. The fourth-order valence-electron chi connectivity index (χ4n) is 1.85. The van der Waals surface area contributed by atoms with Crippen molar-refractivity contribution in [2.24, 2.45) is 0 Å². The number of carbonyl (C=O) groups excluding carboxylic acids is 1. The first-order valence-electron chi connectivity index (χ1n) is 6.30. The molecule has 112 valence electrons. The molecular weight excluding hydrogens is 323 g/mol. The van der Waals surface area contributed by atoms with Crippen LogP contribution in [0.2, 0.25) is 0 Å². The van der Waals surface area contributed by atoms with Gasteiger partial charge in [0.25, 0.3) is 5.91 Å². The molecule has 0 aliphatic carbocycles. The van der Waals surface area contributed by atoms with E-state index in [0.29, 0.717) is 11.4 Å². The molecule has 7 heteroatoms. The molecule has 0 spiro atoms. The Hall–Kier alpha value is -2.25. The Morgan fingerprint density at radius 3 is 2.91 bits per heavy atom. The van der Waals surface area contributed by atoms with Crippen LogP contribution in [0.4, 0.5) is 10.1 Å². The number of aromatic nitrogens is 1. The number of amides is 1. The lowest BCUT2D eigenvalue weighted by atomic mass is 10.2. The van der Waals surface area contributed by atoms with E-state index in [0.717, 1.165) is 10.6 Å². The number of thiazole rings is 1. The van der Waals surface area contributed by atoms with Crippen molar-refractivity contribution in [2.45, 2.75) is 0 Å². The third kappa shape index (κ3) is 3.00. The SMILES string of the molecule is COc1cc(F)ccc1NC(=O)c1csc(-c2ccsc2)n1. The number of benzene rings is 1. The Morgan fingerprint density at radius 1 is 1.32 bits per heavy atom. The Balaban J connectivity index is 1.80. The van der Waals surface area contributed by atoms with Crippen LogP contribution in [-0.2, 0) is 0 Å². The predicted octanol–water partition coefficient (Wildman–Crippen LogP) is 4.27. The van der Waals surface area contributed by atoms with Crippen LogP contribution >= 0.6 is 22.7 Å². The van der Waals surface area contributed by atoms with E-state index in [1.807, 2.05) is 16.8 Å². The predicted molar refractivity (Wildman–Crippen MR) is 86.3 cm³/mol. The second-order valence-electron chi connectivity index (χ2n) is 4.35. The summed E-state index contributed by atoms with van der Waals surface area (Å²) in [4.78, 5) is 16.6. The van der Waals surface area contributed by atoms with Gasteiger partial charge in [0.1, 0.15) is 22.3 Å². The molecular formula is C15H11FN2O2S2. The minimum atomic E-state index is -0.428. The normalized spacial score (nSPS) is 10.5. The van der Waals surface area contributed by atoms with Gasteiger partial charge < -0.3 is 10.1 Å². The van der Waals surface area contributed by atoms with E-state index in [1.54, 1.807) is 16.7 Å². The van der Waals surface area contributed by atoms with Crippen LogP contribution in [0.3, 0.4) is 0 Å². The number of ether oxygens (including phenoxy) is 1. The fourth-order valence-corrected chi connectivity index (χ4v) is 3.36. The molecule has 0 fully saturated rings. The van der Waals surface area contributed by atoms with E-state index in [2.05, 4.69) is 10.3 Å². The lowest BCUT2D eigenvalue weighted by Crippen LogP contribution is -2.13. The van der Waals surface area contributed by atoms with Crippen molar-refractivity contribution in [3.05, 3.63) is 51.9 Å². The summed E-state index contributed by atoms with van der Waals surface area (Å²) in [5.74, 6) is -0.521. The minimum absolute atomic E-state index is 0.265. The Labute approximate surface area is 134 Å². The number of methoxy groups -OCH3 is 1. The first kappa shape index (κ1) is 14.7. The molecule has 22 heavy (non-hydrogen) atoms. The molecule has 0 atom stereocenters. The van der Waals surface area contributed by atoms with Crippen LogP contribution in [0.5, 0.6) is 5.75 Å². The number of anilines is 1. The summed E-state index contributed by atoms with van der Waals surface area (Å²) in [5, 5.41) is 9.10. The summed E-state index contributed by atoms with van der Waals surface area (Å²) in [6.07, 6.45) is 0. The second-order valence-corrected chi connectivity index (χ2v) is 5.99. The van der Waals surface area contributed by atoms with E-state index in [-0.39, 0.29) is 11.7 Å². The van der Waals surface area contributed by atoms with Crippen LogP contribution in [0.15, 0.2) is 40.4 Å². The van der Waals surface area contributed by atoms with Crippen molar-refractivity contribution in [3.63, 3.8) is 0 Å². The maximum Gasteiger partial charge on any atom is 0.275 e.